The predicted molar refractivity (Wildman–Crippen MR) is 81.5 cm³/mol. The molecule has 2 amide bonds. The van der Waals surface area contributed by atoms with Crippen LogP contribution in [0.4, 0.5) is 0 Å². The molecule has 1 heterocycles. The highest BCUT2D eigenvalue weighted by Gasteiger charge is 2.38. The summed E-state index contributed by atoms with van der Waals surface area (Å²) in [4.78, 5) is 25.5. The summed E-state index contributed by atoms with van der Waals surface area (Å²) in [7, 11) is 2.97. The third kappa shape index (κ3) is 3.07. The molecule has 0 bridgehead atoms. The molecule has 7 heteroatoms. The standard InChI is InChI=1S/C16H18N2O5/c1-4-5-10-8-11(9-13(22-2)14(10)23-3)16(20)18-7-6-12(18)15(19)17-21/h8-9,12,21H,6-7H2,1-3H3,(H,17,19)/t12-/m1/s1. The zero-order valence-electron chi connectivity index (χ0n) is 13.2. The zero-order chi connectivity index (χ0) is 17.0. The first kappa shape index (κ1) is 16.6. The Bertz CT molecular complexity index is 690. The molecule has 1 saturated heterocycles. The summed E-state index contributed by atoms with van der Waals surface area (Å²) in [5.74, 6) is 5.55. The van der Waals surface area contributed by atoms with Crippen LogP contribution in [0.2, 0.25) is 0 Å². The SMILES string of the molecule is CC#Cc1cc(C(=O)N2CC[C@@H]2C(=O)NO)cc(OC)c1OC. The number of nitrogens with zero attached hydrogens (tertiary/aromatic N) is 1. The topological polar surface area (TPSA) is 88.1 Å². The van der Waals surface area contributed by atoms with Gasteiger partial charge < -0.3 is 14.4 Å². The normalized spacial score (nSPS) is 15.8. The molecule has 0 spiro atoms. The average molecular weight is 318 g/mol. The number of likely N-dealkylation sites (tertiary alicyclic amines) is 1. The number of nitrogens with one attached hydrogen (secondary N) is 1. The van der Waals surface area contributed by atoms with E-state index < -0.39 is 11.9 Å². The molecule has 122 valence electrons. The molecule has 23 heavy (non-hydrogen) atoms. The third-order valence-corrected chi connectivity index (χ3v) is 3.68. The summed E-state index contributed by atoms with van der Waals surface area (Å²) < 4.78 is 10.5. The molecular formula is C16H18N2O5. The van der Waals surface area contributed by atoms with Crippen molar-refractivity contribution in [2.75, 3.05) is 20.8 Å². The maximum Gasteiger partial charge on any atom is 0.266 e. The summed E-state index contributed by atoms with van der Waals surface area (Å²) in [5.41, 5.74) is 2.45. The average Bonchev–Trinajstić information content (AvgIpc) is 2.52. The van der Waals surface area contributed by atoms with Crippen LogP contribution in [-0.2, 0) is 4.79 Å². The summed E-state index contributed by atoms with van der Waals surface area (Å²) in [6, 6.07) is 2.49. The monoisotopic (exact) mass is 318 g/mol. The van der Waals surface area contributed by atoms with Gasteiger partial charge in [-0.05, 0) is 25.5 Å². The molecule has 0 saturated carbocycles. The van der Waals surface area contributed by atoms with Gasteiger partial charge in [0.05, 0.1) is 19.8 Å². The summed E-state index contributed by atoms with van der Waals surface area (Å²) >= 11 is 0. The molecule has 2 rings (SSSR count). The van der Waals surface area contributed by atoms with Crippen LogP contribution in [0.3, 0.4) is 0 Å². The predicted octanol–water partition coefficient (Wildman–Crippen LogP) is 0.795. The van der Waals surface area contributed by atoms with Crippen molar-refractivity contribution in [2.45, 2.75) is 19.4 Å². The van der Waals surface area contributed by atoms with Crippen molar-refractivity contribution in [2.24, 2.45) is 0 Å². The van der Waals surface area contributed by atoms with Crippen LogP contribution in [0.25, 0.3) is 0 Å². The van der Waals surface area contributed by atoms with Gasteiger partial charge in [0.1, 0.15) is 6.04 Å². The number of carbonyl (C=O) groups excluding carboxylic acids is 2. The van der Waals surface area contributed by atoms with E-state index in [4.69, 9.17) is 14.7 Å². The number of hydroxylamine groups is 1. The second kappa shape index (κ2) is 7.03. The molecule has 0 radical (unpaired) electrons. The largest absolute Gasteiger partial charge is 0.493 e. The maximum atomic E-state index is 12.6. The van der Waals surface area contributed by atoms with E-state index in [0.29, 0.717) is 35.6 Å². The number of rotatable bonds is 4. The van der Waals surface area contributed by atoms with Gasteiger partial charge in [0.2, 0.25) is 0 Å². The summed E-state index contributed by atoms with van der Waals surface area (Å²) in [6.45, 7) is 2.12. The van der Waals surface area contributed by atoms with Gasteiger partial charge in [0.15, 0.2) is 11.5 Å². The fourth-order valence-corrected chi connectivity index (χ4v) is 2.46. The first-order chi connectivity index (χ1) is 11.1. The Morgan fingerprint density at radius 3 is 2.57 bits per heavy atom. The van der Waals surface area contributed by atoms with Crippen LogP contribution in [0.5, 0.6) is 11.5 Å². The van der Waals surface area contributed by atoms with Gasteiger partial charge in [0.25, 0.3) is 11.8 Å². The molecule has 1 aliphatic rings. The van der Waals surface area contributed by atoms with Gasteiger partial charge in [-0.1, -0.05) is 5.92 Å². The second-order valence-corrected chi connectivity index (χ2v) is 4.91. The van der Waals surface area contributed by atoms with Crippen molar-refractivity contribution in [3.05, 3.63) is 23.3 Å². The number of hydrogen-bond acceptors (Lipinski definition) is 5. The highest BCUT2D eigenvalue weighted by molar-refractivity contribution is 5.99. The molecule has 2 N–H and O–H groups in total. The fourth-order valence-electron chi connectivity index (χ4n) is 2.46. The Morgan fingerprint density at radius 1 is 1.35 bits per heavy atom. The minimum atomic E-state index is -0.665. The van der Waals surface area contributed by atoms with Crippen LogP contribution in [0.1, 0.15) is 29.3 Å². The zero-order valence-corrected chi connectivity index (χ0v) is 13.2. The van der Waals surface area contributed by atoms with E-state index in [1.165, 1.54) is 19.1 Å². The van der Waals surface area contributed by atoms with Gasteiger partial charge in [-0.2, -0.15) is 0 Å². The molecule has 1 aromatic carbocycles. The van der Waals surface area contributed by atoms with Crippen molar-refractivity contribution in [3.63, 3.8) is 0 Å². The molecular weight excluding hydrogens is 300 g/mol. The summed E-state index contributed by atoms with van der Waals surface area (Å²) in [5, 5.41) is 8.71. The van der Waals surface area contributed by atoms with Crippen molar-refractivity contribution >= 4 is 11.8 Å². The smallest absolute Gasteiger partial charge is 0.266 e. The highest BCUT2D eigenvalue weighted by atomic mass is 16.5. The Kier molecular flexibility index (Phi) is 5.09. The number of carbonyl (C=O) groups is 2. The van der Waals surface area contributed by atoms with Gasteiger partial charge in [-0.25, -0.2) is 5.48 Å². The van der Waals surface area contributed by atoms with Crippen molar-refractivity contribution in [3.8, 4) is 23.3 Å². The quantitative estimate of drug-likeness (QED) is 0.487. The van der Waals surface area contributed by atoms with Crippen LogP contribution >= 0.6 is 0 Å². The Labute approximate surface area is 134 Å². The maximum absolute atomic E-state index is 12.6. The molecule has 7 nitrogen and oxygen atoms in total. The van der Waals surface area contributed by atoms with E-state index in [9.17, 15) is 9.59 Å². The molecule has 1 atom stereocenters. The van der Waals surface area contributed by atoms with Crippen molar-refractivity contribution in [1.82, 2.24) is 10.4 Å². The Balaban J connectivity index is 2.39. The molecule has 0 aliphatic carbocycles. The minimum Gasteiger partial charge on any atom is -0.493 e. The number of methoxy groups -OCH3 is 2. The molecule has 1 fully saturated rings. The Hall–Kier alpha value is -2.72. The number of hydrogen-bond donors (Lipinski definition) is 2. The minimum absolute atomic E-state index is 0.329. The van der Waals surface area contributed by atoms with E-state index >= 15 is 0 Å². The molecule has 1 aromatic rings. The lowest BCUT2D eigenvalue weighted by molar-refractivity contribution is -0.137. The summed E-state index contributed by atoms with van der Waals surface area (Å²) in [6.07, 6.45) is 0.507. The second-order valence-electron chi connectivity index (χ2n) is 4.91. The van der Waals surface area contributed by atoms with Gasteiger partial charge >= 0.3 is 0 Å². The first-order valence-corrected chi connectivity index (χ1v) is 7.01. The van der Waals surface area contributed by atoms with Gasteiger partial charge in [-0.3, -0.25) is 14.8 Å². The number of amides is 2. The molecule has 0 aromatic heterocycles. The third-order valence-electron chi connectivity index (χ3n) is 3.68. The first-order valence-electron chi connectivity index (χ1n) is 7.01. The highest BCUT2D eigenvalue weighted by Crippen LogP contribution is 2.33. The van der Waals surface area contributed by atoms with Crippen LogP contribution in [0, 0.1) is 11.8 Å². The lowest BCUT2D eigenvalue weighted by Crippen LogP contribution is -2.57. The lowest BCUT2D eigenvalue weighted by Gasteiger charge is -2.39. The number of ether oxygens (including phenoxy) is 2. The van der Waals surface area contributed by atoms with E-state index in [-0.39, 0.29) is 5.91 Å². The van der Waals surface area contributed by atoms with Gasteiger partial charge in [0, 0.05) is 12.1 Å². The van der Waals surface area contributed by atoms with E-state index in [2.05, 4.69) is 11.8 Å². The molecule has 1 aliphatic heterocycles. The van der Waals surface area contributed by atoms with E-state index in [0.717, 1.165) is 0 Å². The van der Waals surface area contributed by atoms with Crippen LogP contribution in [0.15, 0.2) is 12.1 Å². The van der Waals surface area contributed by atoms with E-state index in [1.807, 2.05) is 0 Å². The van der Waals surface area contributed by atoms with Crippen molar-refractivity contribution in [1.29, 1.82) is 0 Å². The van der Waals surface area contributed by atoms with E-state index in [1.54, 1.807) is 24.5 Å². The molecule has 0 unspecified atom stereocenters. The number of benzene rings is 1. The Morgan fingerprint density at radius 2 is 2.09 bits per heavy atom. The van der Waals surface area contributed by atoms with Gasteiger partial charge in [-0.15, -0.1) is 5.92 Å². The lowest BCUT2D eigenvalue weighted by atomic mass is 9.99. The van der Waals surface area contributed by atoms with Crippen LogP contribution in [-0.4, -0.2) is 48.7 Å². The fraction of sp³-hybridized carbons (Fsp3) is 0.375. The van der Waals surface area contributed by atoms with Crippen molar-refractivity contribution < 1.29 is 24.3 Å². The van der Waals surface area contributed by atoms with Crippen LogP contribution < -0.4 is 15.0 Å².